The number of benzene rings is 1. The minimum atomic E-state index is -0.539. The average molecular weight is 205 g/mol. The number of aromatic nitrogens is 2. The van der Waals surface area contributed by atoms with Crippen molar-refractivity contribution in [1.82, 2.24) is 9.78 Å². The van der Waals surface area contributed by atoms with Crippen molar-refractivity contribution in [2.75, 3.05) is 0 Å². The zero-order valence-corrected chi connectivity index (χ0v) is 7.72. The summed E-state index contributed by atoms with van der Waals surface area (Å²) >= 11 is 0. The maximum Gasteiger partial charge on any atom is 0.251 e. The van der Waals surface area contributed by atoms with Crippen molar-refractivity contribution in [1.29, 1.82) is 0 Å². The molecule has 15 heavy (non-hydrogen) atoms. The van der Waals surface area contributed by atoms with Gasteiger partial charge in [-0.3, -0.25) is 4.79 Å². The highest BCUT2D eigenvalue weighted by Crippen LogP contribution is 2.08. The average Bonchev–Trinajstić information content (AvgIpc) is 2.68. The Hall–Kier alpha value is -2.17. The third-order valence-corrected chi connectivity index (χ3v) is 1.96. The van der Waals surface area contributed by atoms with Crippen LogP contribution in [0.5, 0.6) is 0 Å². The number of hydrogen-bond donors (Lipinski definition) is 1. The molecule has 1 amide bonds. The summed E-state index contributed by atoms with van der Waals surface area (Å²) in [7, 11) is 0. The van der Waals surface area contributed by atoms with Crippen molar-refractivity contribution >= 4 is 5.91 Å². The number of nitrogens with zero attached hydrogens (tertiary/aromatic N) is 2. The molecule has 2 rings (SSSR count). The van der Waals surface area contributed by atoms with Gasteiger partial charge in [-0.1, -0.05) is 0 Å². The number of nitrogens with two attached hydrogens (primary N) is 1. The van der Waals surface area contributed by atoms with E-state index in [1.807, 2.05) is 0 Å². The van der Waals surface area contributed by atoms with Gasteiger partial charge >= 0.3 is 0 Å². The molecule has 1 aromatic heterocycles. The van der Waals surface area contributed by atoms with E-state index < -0.39 is 5.91 Å². The minimum absolute atomic E-state index is 0.318. The summed E-state index contributed by atoms with van der Waals surface area (Å²) < 4.78 is 14.1. The van der Waals surface area contributed by atoms with Crippen LogP contribution < -0.4 is 5.73 Å². The molecule has 0 aliphatic heterocycles. The second-order valence-electron chi connectivity index (χ2n) is 3.01. The molecule has 0 unspecified atom stereocenters. The summed E-state index contributed by atoms with van der Waals surface area (Å²) in [6.07, 6.45) is 2.86. The number of halogens is 1. The van der Waals surface area contributed by atoms with E-state index in [9.17, 15) is 9.18 Å². The van der Waals surface area contributed by atoms with E-state index in [2.05, 4.69) is 5.10 Å². The van der Waals surface area contributed by atoms with Crippen LogP contribution in [0.2, 0.25) is 0 Å². The lowest BCUT2D eigenvalue weighted by atomic mass is 10.3. The Balaban J connectivity index is 2.37. The molecule has 4 nitrogen and oxygen atoms in total. The fourth-order valence-electron chi connectivity index (χ4n) is 1.19. The summed E-state index contributed by atoms with van der Waals surface area (Å²) in [6, 6.07) is 5.77. The zero-order chi connectivity index (χ0) is 10.8. The third-order valence-electron chi connectivity index (χ3n) is 1.96. The van der Waals surface area contributed by atoms with E-state index in [-0.39, 0.29) is 5.82 Å². The van der Waals surface area contributed by atoms with Crippen LogP contribution in [0.4, 0.5) is 4.39 Å². The van der Waals surface area contributed by atoms with Crippen LogP contribution in [0, 0.1) is 5.82 Å². The predicted octanol–water partition coefficient (Wildman–Crippen LogP) is 1.11. The predicted molar refractivity (Wildman–Crippen MR) is 52.0 cm³/mol. The molecular weight excluding hydrogens is 197 g/mol. The summed E-state index contributed by atoms with van der Waals surface area (Å²) in [4.78, 5) is 10.8. The number of amides is 1. The van der Waals surface area contributed by atoms with Gasteiger partial charge in [0.1, 0.15) is 5.82 Å². The molecular formula is C10H8FN3O. The van der Waals surface area contributed by atoms with E-state index >= 15 is 0 Å². The van der Waals surface area contributed by atoms with Gasteiger partial charge in [0.25, 0.3) is 5.91 Å². The Morgan fingerprint density at radius 3 is 2.53 bits per heavy atom. The highest BCUT2D eigenvalue weighted by atomic mass is 19.1. The van der Waals surface area contributed by atoms with Gasteiger partial charge < -0.3 is 5.73 Å². The van der Waals surface area contributed by atoms with Gasteiger partial charge in [-0.25, -0.2) is 9.07 Å². The Morgan fingerprint density at radius 2 is 2.00 bits per heavy atom. The number of hydrogen-bond acceptors (Lipinski definition) is 2. The monoisotopic (exact) mass is 205 g/mol. The van der Waals surface area contributed by atoms with Gasteiger partial charge in [0, 0.05) is 6.20 Å². The molecule has 0 fully saturated rings. The molecule has 1 heterocycles. The maximum atomic E-state index is 12.6. The van der Waals surface area contributed by atoms with Gasteiger partial charge in [0.2, 0.25) is 0 Å². The molecule has 0 spiro atoms. The molecule has 0 aliphatic carbocycles. The van der Waals surface area contributed by atoms with Crippen LogP contribution in [0.3, 0.4) is 0 Å². The molecule has 5 heteroatoms. The maximum absolute atomic E-state index is 12.6. The van der Waals surface area contributed by atoms with Crippen molar-refractivity contribution < 1.29 is 9.18 Å². The normalized spacial score (nSPS) is 10.2. The van der Waals surface area contributed by atoms with Gasteiger partial charge in [0.05, 0.1) is 17.4 Å². The highest BCUT2D eigenvalue weighted by molar-refractivity contribution is 5.92. The molecule has 2 aromatic rings. The Morgan fingerprint density at radius 1 is 1.33 bits per heavy atom. The van der Waals surface area contributed by atoms with Crippen molar-refractivity contribution in [2.45, 2.75) is 0 Å². The Kier molecular flexibility index (Phi) is 2.21. The molecule has 0 atom stereocenters. The highest BCUT2D eigenvalue weighted by Gasteiger charge is 2.04. The minimum Gasteiger partial charge on any atom is -0.366 e. The second kappa shape index (κ2) is 3.53. The second-order valence-corrected chi connectivity index (χ2v) is 3.01. The summed E-state index contributed by atoms with van der Waals surface area (Å²) in [5.41, 5.74) is 6.07. The molecule has 0 saturated heterocycles. The van der Waals surface area contributed by atoms with E-state index in [1.165, 1.54) is 29.2 Å². The van der Waals surface area contributed by atoms with Crippen LogP contribution in [-0.2, 0) is 0 Å². The SMILES string of the molecule is NC(=O)c1cnn(-c2ccc(F)cc2)c1. The first-order valence-corrected chi connectivity index (χ1v) is 4.27. The quantitative estimate of drug-likeness (QED) is 0.798. The Bertz CT molecular complexity index is 490. The van der Waals surface area contributed by atoms with Crippen LogP contribution in [0.1, 0.15) is 10.4 Å². The van der Waals surface area contributed by atoms with Crippen LogP contribution in [0.15, 0.2) is 36.7 Å². The molecule has 2 N–H and O–H groups in total. The van der Waals surface area contributed by atoms with Crippen LogP contribution >= 0.6 is 0 Å². The molecule has 76 valence electrons. The fourth-order valence-corrected chi connectivity index (χ4v) is 1.19. The van der Waals surface area contributed by atoms with Gasteiger partial charge in [0.15, 0.2) is 0 Å². The molecule has 0 aliphatic rings. The first kappa shape index (κ1) is 9.39. The molecule has 0 radical (unpaired) electrons. The van der Waals surface area contributed by atoms with E-state index in [1.54, 1.807) is 12.1 Å². The van der Waals surface area contributed by atoms with Crippen molar-refractivity contribution in [3.63, 3.8) is 0 Å². The van der Waals surface area contributed by atoms with E-state index in [0.717, 1.165) is 0 Å². The summed E-state index contributed by atoms with van der Waals surface area (Å²) in [5.74, 6) is -0.857. The van der Waals surface area contributed by atoms with Crippen molar-refractivity contribution in [3.05, 3.63) is 48.0 Å². The zero-order valence-electron chi connectivity index (χ0n) is 7.72. The van der Waals surface area contributed by atoms with E-state index in [0.29, 0.717) is 11.3 Å². The third kappa shape index (κ3) is 1.85. The summed E-state index contributed by atoms with van der Waals surface area (Å²) in [5, 5.41) is 3.93. The van der Waals surface area contributed by atoms with Crippen molar-refractivity contribution in [2.24, 2.45) is 5.73 Å². The van der Waals surface area contributed by atoms with E-state index in [4.69, 9.17) is 5.73 Å². The first-order chi connectivity index (χ1) is 7.16. The van der Waals surface area contributed by atoms with Crippen LogP contribution in [-0.4, -0.2) is 15.7 Å². The van der Waals surface area contributed by atoms with Crippen LogP contribution in [0.25, 0.3) is 5.69 Å². The van der Waals surface area contributed by atoms with Crippen molar-refractivity contribution in [3.8, 4) is 5.69 Å². The number of rotatable bonds is 2. The molecule has 0 saturated carbocycles. The first-order valence-electron chi connectivity index (χ1n) is 4.27. The molecule has 1 aromatic carbocycles. The Labute approximate surface area is 85.1 Å². The number of primary amides is 1. The number of carbonyl (C=O) groups is 1. The topological polar surface area (TPSA) is 60.9 Å². The molecule has 0 bridgehead atoms. The van der Waals surface area contributed by atoms with Gasteiger partial charge in [-0.15, -0.1) is 0 Å². The smallest absolute Gasteiger partial charge is 0.251 e. The number of carbonyl (C=O) groups excluding carboxylic acids is 1. The summed E-state index contributed by atoms with van der Waals surface area (Å²) in [6.45, 7) is 0. The standard InChI is InChI=1S/C10H8FN3O/c11-8-1-3-9(4-2-8)14-6-7(5-13-14)10(12)15/h1-6H,(H2,12,15). The lowest BCUT2D eigenvalue weighted by Gasteiger charge is -1.99. The largest absolute Gasteiger partial charge is 0.366 e. The van der Waals surface area contributed by atoms with Gasteiger partial charge in [-0.2, -0.15) is 5.10 Å². The fraction of sp³-hybridized carbons (Fsp3) is 0. The lowest BCUT2D eigenvalue weighted by Crippen LogP contribution is -2.09. The van der Waals surface area contributed by atoms with Gasteiger partial charge in [-0.05, 0) is 24.3 Å². The lowest BCUT2D eigenvalue weighted by molar-refractivity contribution is 0.100.